The molecule has 3 aromatic carbocycles. The van der Waals surface area contributed by atoms with Gasteiger partial charge in [-0.2, -0.15) is 0 Å². The fourth-order valence-electron chi connectivity index (χ4n) is 14.3. The lowest BCUT2D eigenvalue weighted by atomic mass is 9.72. The van der Waals surface area contributed by atoms with Crippen molar-refractivity contribution in [2.24, 2.45) is 34.6 Å². The van der Waals surface area contributed by atoms with Gasteiger partial charge in [0.15, 0.2) is 63.6 Å². The molecular formula is C93H162N12O25. The fraction of sp³-hybridized carbons (Fsp3) is 0.688. The summed E-state index contributed by atoms with van der Waals surface area (Å²) in [5.41, 5.74) is 27.8. The molecule has 0 saturated heterocycles. The number of ketones is 11. The molecule has 0 amide bonds. The van der Waals surface area contributed by atoms with Gasteiger partial charge in [0.05, 0.1) is 6.10 Å². The Hall–Kier alpha value is -7.49. The van der Waals surface area contributed by atoms with Gasteiger partial charge < -0.3 is 138 Å². The number of rotatable bonds is 24. The summed E-state index contributed by atoms with van der Waals surface area (Å²) in [4.78, 5) is 119. The third kappa shape index (κ3) is 40.0. The van der Waals surface area contributed by atoms with E-state index >= 15 is 0 Å². The zero-order valence-corrected chi connectivity index (χ0v) is 80.1. The number of anilines is 3. The standard InChI is InChI=1S/2C10H13NO2.C9H11NO2.2C8H15NO2.4C7H13NO2.2C6H11NO2.C4H11NO.C4H10O2/c1-7(12)10(13)8-3-5-9(11-2)6-4-8;1-7(12)10(13)8-5-3-4-6-9(8)11-2;1-6(11)9(12)7-2-4-8(10)5-3-7;1-6(10)8(11)4-3-7(5-8)9-2;1-6(10)8(11)5-3-4-7(8)9-2;1-5(9)7(10)3-6(4-7)8-2;1-5(9)7(10)4-3-6(7)8-2;1-5(9)7(10)3-2-6(8)4-7;1-5(9)7(10)4-2-3-6(7)8;1-4(8)6(9)2-5(7)3-6;1-4(8)6(9)3-2-5(6)7;1-2-4(6)3-5;1-4(2-5)3-6/h2*3-6,10-11,13H,1-2H3;2-5,9,12H,10H2,1H3;2*7,9,11H,3-5H2,1-2H3;2*6,8,10H,3-4H2,1-2H3;2*6,10H,2-4,8H2,1H3;2*5,9H,2-3,7H2,1H3;4,6H,2-3,5H2,1H3;4-6H,2-3H2,1H3. The maximum atomic E-state index is 11.0. The van der Waals surface area contributed by atoms with Crippen LogP contribution >= 0.6 is 0 Å². The van der Waals surface area contributed by atoms with E-state index in [2.05, 4.69) is 31.9 Å². The summed E-state index contributed by atoms with van der Waals surface area (Å²) < 4.78 is 0. The third-order valence-electron chi connectivity index (χ3n) is 24.9. The quantitative estimate of drug-likeness (QED) is 0.0555. The molecule has 16 atom stereocenters. The highest BCUT2D eigenvalue weighted by Crippen LogP contribution is 2.37. The van der Waals surface area contributed by atoms with Crippen LogP contribution in [0.1, 0.15) is 260 Å². The molecule has 0 spiro atoms. The van der Waals surface area contributed by atoms with E-state index in [0.717, 1.165) is 69.2 Å². The van der Waals surface area contributed by atoms with Crippen LogP contribution in [0.2, 0.25) is 0 Å². The predicted octanol–water partition coefficient (Wildman–Crippen LogP) is 0.940. The van der Waals surface area contributed by atoms with Gasteiger partial charge in [0.1, 0.15) is 63.1 Å². The van der Waals surface area contributed by atoms with Crippen molar-refractivity contribution in [2.45, 2.75) is 342 Å². The van der Waals surface area contributed by atoms with Crippen molar-refractivity contribution >= 4 is 80.7 Å². The van der Waals surface area contributed by atoms with E-state index in [0.29, 0.717) is 118 Å². The summed E-state index contributed by atoms with van der Waals surface area (Å²) in [7, 11) is 10.8. The van der Waals surface area contributed by atoms with Crippen molar-refractivity contribution in [1.29, 1.82) is 0 Å². The van der Waals surface area contributed by atoms with Crippen LogP contribution in [0, 0.1) is 5.92 Å². The topological polar surface area (TPSA) is 699 Å². The summed E-state index contributed by atoms with van der Waals surface area (Å²) >= 11 is 0. The zero-order valence-electron chi connectivity index (χ0n) is 80.1. The Morgan fingerprint density at radius 3 is 0.992 bits per heavy atom. The Morgan fingerprint density at radius 1 is 0.392 bits per heavy atom. The first-order chi connectivity index (χ1) is 60.2. The van der Waals surface area contributed by atoms with Crippen LogP contribution in [0.25, 0.3) is 0 Å². The minimum atomic E-state index is -1.21. The molecule has 3 aromatic rings. The van der Waals surface area contributed by atoms with Gasteiger partial charge in [-0.1, -0.05) is 56.3 Å². The summed E-state index contributed by atoms with van der Waals surface area (Å²) in [5, 5.41) is 147. The lowest BCUT2D eigenvalue weighted by Crippen LogP contribution is -2.61. The van der Waals surface area contributed by atoms with Gasteiger partial charge in [0.2, 0.25) is 0 Å². The SMILES string of the molecule is CC(=O)C(O)c1ccc(N)cc1.CC(=O)C1(O)CC(N)C1.CC(=O)C1(O)CCC(N)C1.CC(=O)C1(O)CCC1N.CC(=O)C1(O)CCCC1N.CC(CO)CO.CCC(O)CN.CNC1CC(O)(C(C)=O)C1.CNC1CCC(O)(C(C)=O)C1.CNC1CCC1(O)C(C)=O.CNC1CCCC1(O)C(C)=O.CNc1ccc(C(O)C(C)=O)cc1.CNc1ccccc1C(O)C(C)=O. The van der Waals surface area contributed by atoms with Crippen molar-refractivity contribution in [1.82, 2.24) is 21.3 Å². The summed E-state index contributed by atoms with van der Waals surface area (Å²) in [6.07, 6.45) is 10.6. The van der Waals surface area contributed by atoms with Gasteiger partial charge in [0.25, 0.3) is 0 Å². The average molecular weight is 1850 g/mol. The lowest BCUT2D eigenvalue weighted by Gasteiger charge is -2.43. The van der Waals surface area contributed by atoms with Crippen LogP contribution in [0.5, 0.6) is 0 Å². The second-order valence-corrected chi connectivity index (χ2v) is 35.0. The monoisotopic (exact) mass is 1850 g/mol. The van der Waals surface area contributed by atoms with Gasteiger partial charge >= 0.3 is 0 Å². The third-order valence-corrected chi connectivity index (χ3v) is 24.9. The van der Waals surface area contributed by atoms with E-state index in [1.165, 1.54) is 76.2 Å². The van der Waals surface area contributed by atoms with E-state index < -0.39 is 63.1 Å². The molecule has 16 unspecified atom stereocenters. The van der Waals surface area contributed by atoms with Gasteiger partial charge in [-0.05, 0) is 281 Å². The van der Waals surface area contributed by atoms with Crippen LogP contribution in [0.3, 0.4) is 0 Å². The minimum Gasteiger partial charge on any atom is -0.399 e. The number of carbonyl (C=O) groups is 11. The minimum absolute atomic E-state index is 0.00824. The van der Waals surface area contributed by atoms with Gasteiger partial charge in [-0.25, -0.2) is 0 Å². The Labute approximate surface area is 767 Å². The highest BCUT2D eigenvalue weighted by Gasteiger charge is 2.51. The molecular weight excluding hydrogens is 1690 g/mol. The molecule has 37 nitrogen and oxygen atoms in total. The zero-order chi connectivity index (χ0) is 101. The highest BCUT2D eigenvalue weighted by molar-refractivity contribution is 5.90. The molecule has 0 radical (unpaired) electrons. The highest BCUT2D eigenvalue weighted by atomic mass is 16.3. The number of likely N-dealkylation sites (N-methyl/N-ethyl adjacent to an activating group) is 2. The van der Waals surface area contributed by atoms with Gasteiger partial charge in [-0.3, -0.25) is 52.7 Å². The number of nitrogen functional groups attached to an aromatic ring is 1. The number of nitrogens with one attached hydrogen (secondary N) is 6. The predicted molar refractivity (Wildman–Crippen MR) is 499 cm³/mol. The number of carbonyl (C=O) groups excluding carboxylic acids is 11. The van der Waals surface area contributed by atoms with Gasteiger partial charge in [0, 0.05) is 111 Å². The molecule has 130 heavy (non-hydrogen) atoms. The maximum absolute atomic E-state index is 11.0. The molecule has 0 bridgehead atoms. The lowest BCUT2D eigenvalue weighted by molar-refractivity contribution is -0.148. The molecule has 8 aliphatic rings. The van der Waals surface area contributed by atoms with E-state index in [9.17, 15) is 109 Å². The number of hydrogen-bond acceptors (Lipinski definition) is 37. The van der Waals surface area contributed by atoms with Crippen molar-refractivity contribution in [3.63, 3.8) is 0 Å². The smallest absolute Gasteiger partial charge is 0.162 e. The molecule has 0 aliphatic heterocycles. The van der Waals surface area contributed by atoms with Crippen molar-refractivity contribution in [3.05, 3.63) is 89.5 Å². The summed E-state index contributed by atoms with van der Waals surface area (Å²) in [6, 6.07) is 20.8. The van der Waals surface area contributed by atoms with Crippen LogP contribution < -0.4 is 66.3 Å². The molecule has 744 valence electrons. The average Bonchev–Trinajstić information content (AvgIpc) is 1.14. The number of hydrogen-bond donors (Lipinski definition) is 26. The van der Waals surface area contributed by atoms with E-state index in [-0.39, 0.29) is 125 Å². The first-order valence-electron chi connectivity index (χ1n) is 44.3. The molecule has 0 heterocycles. The van der Waals surface area contributed by atoms with Crippen molar-refractivity contribution < 1.29 is 124 Å². The molecule has 8 saturated carbocycles. The number of para-hydroxylation sites is 1. The molecule has 37 heteroatoms. The first-order valence-corrected chi connectivity index (χ1v) is 44.3. The van der Waals surface area contributed by atoms with E-state index in [1.807, 2.05) is 52.3 Å². The Bertz CT molecular complexity index is 3920. The van der Waals surface area contributed by atoms with E-state index in [4.69, 9.17) is 49.7 Å². The number of aliphatic hydroxyl groups excluding tert-OH is 6. The Morgan fingerprint density at radius 2 is 0.754 bits per heavy atom. The summed E-state index contributed by atoms with van der Waals surface area (Å²) in [6.45, 7) is 19.7. The van der Waals surface area contributed by atoms with Crippen LogP contribution in [-0.2, 0) is 52.7 Å². The molecule has 32 N–H and O–H groups in total. The molecule has 11 rings (SSSR count). The largest absolute Gasteiger partial charge is 0.399 e. The normalized spacial score (nSPS) is 29.0. The number of benzene rings is 3. The van der Waals surface area contributed by atoms with Crippen LogP contribution in [-0.4, -0.2) is 296 Å². The number of aliphatic hydroxyl groups is 14. The molecule has 0 aromatic heterocycles. The van der Waals surface area contributed by atoms with Crippen LogP contribution in [0.4, 0.5) is 17.1 Å². The summed E-state index contributed by atoms with van der Waals surface area (Å²) in [5.74, 6) is -1.88. The first kappa shape index (κ1) is 125. The second-order valence-electron chi connectivity index (χ2n) is 35.0. The second kappa shape index (κ2) is 59.3. The van der Waals surface area contributed by atoms with Crippen molar-refractivity contribution in [3.8, 4) is 0 Å². The number of nitrogens with two attached hydrogens (primary N) is 6. The van der Waals surface area contributed by atoms with Crippen molar-refractivity contribution in [2.75, 3.05) is 78.4 Å². The fourth-order valence-corrected chi connectivity index (χ4v) is 14.3. The maximum Gasteiger partial charge on any atom is 0.162 e. The molecule has 8 fully saturated rings. The van der Waals surface area contributed by atoms with Crippen LogP contribution in [0.15, 0.2) is 72.8 Å². The Kier molecular flexibility index (Phi) is 56.8. The van der Waals surface area contributed by atoms with E-state index in [1.54, 1.807) is 76.6 Å². The number of Topliss-reactive ketones (excluding diaryl/α,β-unsaturated/α-hetero) is 11. The Balaban J connectivity index is 0. The molecule has 8 aliphatic carbocycles. The van der Waals surface area contributed by atoms with Gasteiger partial charge in [-0.15, -0.1) is 0 Å².